The van der Waals surface area contributed by atoms with Gasteiger partial charge in [-0.3, -0.25) is 9.89 Å². The Kier molecular flexibility index (Phi) is 4.99. The number of H-pyrrole nitrogens is 2. The average Bonchev–Trinajstić information content (AvgIpc) is 3.40. The van der Waals surface area contributed by atoms with E-state index in [0.29, 0.717) is 17.2 Å². The minimum Gasteiger partial charge on any atom is -0.337 e. The maximum absolute atomic E-state index is 13.7. The number of fused-ring (bicyclic) bond motifs is 1. The van der Waals surface area contributed by atoms with Gasteiger partial charge in [-0.2, -0.15) is 5.10 Å². The van der Waals surface area contributed by atoms with E-state index in [1.165, 1.54) is 12.1 Å². The second kappa shape index (κ2) is 7.96. The van der Waals surface area contributed by atoms with E-state index in [9.17, 15) is 9.18 Å². The van der Waals surface area contributed by atoms with Crippen LogP contribution < -0.4 is 5.32 Å². The molecule has 3 N–H and O–H groups in total. The Morgan fingerprint density at radius 2 is 2.00 bits per heavy atom. The van der Waals surface area contributed by atoms with Gasteiger partial charge in [0.2, 0.25) is 5.91 Å². The van der Waals surface area contributed by atoms with Gasteiger partial charge in [-0.25, -0.2) is 9.37 Å². The molecule has 0 unspecified atom stereocenters. The molecule has 0 spiro atoms. The van der Waals surface area contributed by atoms with Crippen molar-refractivity contribution in [1.29, 1.82) is 0 Å². The number of hydrogen-bond acceptors (Lipinski definition) is 4. The Morgan fingerprint density at radius 3 is 2.81 bits per heavy atom. The summed E-state index contributed by atoms with van der Waals surface area (Å²) in [6, 6.07) is 12.2. The third-order valence-electron chi connectivity index (χ3n) is 5.87. The van der Waals surface area contributed by atoms with Crippen molar-refractivity contribution < 1.29 is 9.18 Å². The molecule has 0 saturated carbocycles. The molecule has 1 fully saturated rings. The van der Waals surface area contributed by atoms with Crippen LogP contribution in [0.4, 0.5) is 10.1 Å². The summed E-state index contributed by atoms with van der Waals surface area (Å²) in [6.07, 6.45) is 3.29. The van der Waals surface area contributed by atoms with E-state index in [4.69, 9.17) is 4.98 Å². The number of nitrogens with one attached hydrogen (secondary N) is 3. The molecule has 0 bridgehead atoms. The largest absolute Gasteiger partial charge is 0.337 e. The fourth-order valence-electron chi connectivity index (χ4n) is 4.11. The topological polar surface area (TPSA) is 89.7 Å². The number of benzene rings is 2. The number of halogens is 1. The lowest BCUT2D eigenvalue weighted by Crippen LogP contribution is -2.35. The zero-order valence-electron chi connectivity index (χ0n) is 17.2. The van der Waals surface area contributed by atoms with Crippen LogP contribution in [0.5, 0.6) is 0 Å². The minimum absolute atomic E-state index is 0.00537. The molecule has 31 heavy (non-hydrogen) atoms. The first-order valence-corrected chi connectivity index (χ1v) is 10.4. The summed E-state index contributed by atoms with van der Waals surface area (Å²) in [5.41, 5.74) is 4.34. The lowest BCUT2D eigenvalue weighted by molar-refractivity contribution is -0.121. The highest BCUT2D eigenvalue weighted by atomic mass is 19.1. The number of anilines is 1. The van der Waals surface area contributed by atoms with Crippen molar-refractivity contribution in [3.63, 3.8) is 0 Å². The summed E-state index contributed by atoms with van der Waals surface area (Å²) < 4.78 is 13.7. The fraction of sp³-hybridized carbons (Fsp3) is 0.261. The Balaban J connectivity index is 1.45. The van der Waals surface area contributed by atoms with Crippen molar-refractivity contribution in [2.24, 2.45) is 5.92 Å². The maximum Gasteiger partial charge on any atom is 0.227 e. The van der Waals surface area contributed by atoms with Gasteiger partial charge in [0.1, 0.15) is 11.5 Å². The quantitative estimate of drug-likeness (QED) is 0.467. The van der Waals surface area contributed by atoms with Gasteiger partial charge in [0.05, 0.1) is 22.9 Å². The number of amides is 1. The normalized spacial score (nSPS) is 15.4. The van der Waals surface area contributed by atoms with Crippen molar-refractivity contribution in [3.8, 4) is 22.6 Å². The number of para-hydroxylation sites is 1. The molecule has 2 aromatic carbocycles. The third-order valence-corrected chi connectivity index (χ3v) is 5.87. The molecule has 4 aromatic rings. The summed E-state index contributed by atoms with van der Waals surface area (Å²) in [6.45, 7) is 1.84. The summed E-state index contributed by atoms with van der Waals surface area (Å²) in [7, 11) is 2.07. The first kappa shape index (κ1) is 19.4. The van der Waals surface area contributed by atoms with E-state index >= 15 is 0 Å². The molecule has 0 atom stereocenters. The van der Waals surface area contributed by atoms with Gasteiger partial charge >= 0.3 is 0 Å². The van der Waals surface area contributed by atoms with E-state index in [0.717, 1.165) is 48.1 Å². The number of piperidine rings is 1. The standard InChI is InChI=1S/C23H23FN6O/c1-30-10-8-14(9-11-30)23(31)27-19-13-25-29-21(19)22-26-18-7-3-6-17(20(18)28-22)15-4-2-5-16(24)12-15/h2-7,12-14H,8-11H2,1H3,(H,25,29)(H,26,28)(H,27,31). The molecule has 1 amide bonds. The first-order valence-electron chi connectivity index (χ1n) is 10.4. The molecule has 158 valence electrons. The van der Waals surface area contributed by atoms with Gasteiger partial charge in [-0.05, 0) is 56.7 Å². The van der Waals surface area contributed by atoms with Gasteiger partial charge in [0.15, 0.2) is 5.82 Å². The van der Waals surface area contributed by atoms with Crippen molar-refractivity contribution in [2.45, 2.75) is 12.8 Å². The molecule has 3 heterocycles. The van der Waals surface area contributed by atoms with Crippen LogP contribution in [0.15, 0.2) is 48.7 Å². The molecule has 1 aliphatic rings. The van der Waals surface area contributed by atoms with Gasteiger partial charge in [-0.1, -0.05) is 24.3 Å². The minimum atomic E-state index is -0.294. The number of imidazole rings is 1. The molecule has 2 aromatic heterocycles. The van der Waals surface area contributed by atoms with E-state index in [-0.39, 0.29) is 17.6 Å². The van der Waals surface area contributed by atoms with Gasteiger partial charge in [0.25, 0.3) is 0 Å². The maximum atomic E-state index is 13.7. The lowest BCUT2D eigenvalue weighted by atomic mass is 9.96. The number of aromatic amines is 2. The molecule has 5 rings (SSSR count). The SMILES string of the molecule is CN1CCC(C(=O)Nc2cn[nH]c2-c2nc3c(-c4cccc(F)c4)cccc3[nH]2)CC1. The smallest absolute Gasteiger partial charge is 0.227 e. The highest BCUT2D eigenvalue weighted by Crippen LogP contribution is 2.32. The Morgan fingerprint density at radius 1 is 1.19 bits per heavy atom. The van der Waals surface area contributed by atoms with Crippen LogP contribution in [0.25, 0.3) is 33.7 Å². The molecular formula is C23H23FN6O. The van der Waals surface area contributed by atoms with Crippen LogP contribution in [0.1, 0.15) is 12.8 Å². The van der Waals surface area contributed by atoms with Crippen molar-refractivity contribution >= 4 is 22.6 Å². The van der Waals surface area contributed by atoms with Crippen molar-refractivity contribution in [3.05, 3.63) is 54.5 Å². The van der Waals surface area contributed by atoms with E-state index < -0.39 is 0 Å². The van der Waals surface area contributed by atoms with Crippen LogP contribution in [-0.4, -0.2) is 51.1 Å². The Labute approximate surface area is 178 Å². The van der Waals surface area contributed by atoms with E-state index in [2.05, 4.69) is 32.4 Å². The molecular weight excluding hydrogens is 395 g/mol. The van der Waals surface area contributed by atoms with E-state index in [1.807, 2.05) is 24.3 Å². The Hall–Kier alpha value is -3.52. The number of carbonyl (C=O) groups excluding carboxylic acids is 1. The number of likely N-dealkylation sites (tertiary alicyclic amines) is 1. The summed E-state index contributed by atoms with van der Waals surface area (Å²) >= 11 is 0. The second-order valence-corrected chi connectivity index (χ2v) is 8.02. The first-order chi connectivity index (χ1) is 15.1. The number of hydrogen-bond donors (Lipinski definition) is 3. The van der Waals surface area contributed by atoms with Crippen molar-refractivity contribution in [2.75, 3.05) is 25.5 Å². The molecule has 0 radical (unpaired) electrons. The lowest BCUT2D eigenvalue weighted by Gasteiger charge is -2.27. The number of rotatable bonds is 4. The molecule has 1 saturated heterocycles. The van der Waals surface area contributed by atoms with Crippen LogP contribution in [0, 0.1) is 11.7 Å². The number of carbonyl (C=O) groups is 1. The summed E-state index contributed by atoms with van der Waals surface area (Å²) in [4.78, 5) is 23.0. The fourth-order valence-corrected chi connectivity index (χ4v) is 4.11. The predicted octanol–water partition coefficient (Wildman–Crippen LogP) is 4.04. The highest BCUT2D eigenvalue weighted by molar-refractivity contribution is 5.97. The zero-order valence-corrected chi connectivity index (χ0v) is 17.2. The Bertz CT molecular complexity index is 1240. The number of nitrogens with zero attached hydrogens (tertiary/aromatic N) is 3. The van der Waals surface area contributed by atoms with Crippen LogP contribution in [0.2, 0.25) is 0 Å². The van der Waals surface area contributed by atoms with Gasteiger partial charge in [-0.15, -0.1) is 0 Å². The molecule has 7 nitrogen and oxygen atoms in total. The van der Waals surface area contributed by atoms with Crippen LogP contribution in [-0.2, 0) is 4.79 Å². The second-order valence-electron chi connectivity index (χ2n) is 8.02. The average molecular weight is 418 g/mol. The van der Waals surface area contributed by atoms with Gasteiger partial charge < -0.3 is 15.2 Å². The summed E-state index contributed by atoms with van der Waals surface area (Å²) in [5, 5.41) is 10.1. The monoisotopic (exact) mass is 418 g/mol. The zero-order chi connectivity index (χ0) is 21.4. The van der Waals surface area contributed by atoms with E-state index in [1.54, 1.807) is 12.3 Å². The molecule has 8 heteroatoms. The van der Waals surface area contributed by atoms with Crippen molar-refractivity contribution in [1.82, 2.24) is 25.1 Å². The molecule has 0 aliphatic carbocycles. The highest BCUT2D eigenvalue weighted by Gasteiger charge is 2.25. The van der Waals surface area contributed by atoms with Crippen LogP contribution in [0.3, 0.4) is 0 Å². The van der Waals surface area contributed by atoms with Crippen LogP contribution >= 0.6 is 0 Å². The third kappa shape index (κ3) is 3.82. The molecule has 1 aliphatic heterocycles. The summed E-state index contributed by atoms with van der Waals surface area (Å²) in [5.74, 6) is 0.272. The predicted molar refractivity (Wildman–Crippen MR) is 118 cm³/mol. The van der Waals surface area contributed by atoms with Gasteiger partial charge in [0, 0.05) is 11.5 Å². The number of aromatic nitrogens is 4.